The Hall–Kier alpha value is -1.25. The van der Waals surface area contributed by atoms with Crippen molar-refractivity contribution in [2.24, 2.45) is 0 Å². The summed E-state index contributed by atoms with van der Waals surface area (Å²) >= 11 is 0. The molecule has 6 nitrogen and oxygen atoms in total. The number of aromatic amines is 2. The molecule has 0 saturated heterocycles. The number of carboxylic acids is 1. The molecule has 0 aliphatic rings. The summed E-state index contributed by atoms with van der Waals surface area (Å²) in [5.74, 6) is -1.59. The Bertz CT molecular complexity index is 365. The monoisotopic (exact) mass is 162 g/mol. The minimum absolute atomic E-state index is 0. The molecule has 0 aliphatic carbocycles. The van der Waals surface area contributed by atoms with E-state index in [0.717, 1.165) is 6.07 Å². The van der Waals surface area contributed by atoms with Gasteiger partial charge < -0.3 is 14.9 Å². The number of H-pyrrole nitrogens is 2. The standard InChI is InChI=1S/C5H4N2O4.Li/c8-3-1-2(4(9)10)6-5(11)7-3;/h1H,(H,9,10)(H2,6,7,8,11);/q;+1/p-1. The number of hydrogen-bond donors (Lipinski definition) is 2. The average molecular weight is 162 g/mol. The van der Waals surface area contributed by atoms with E-state index in [1.54, 1.807) is 0 Å². The van der Waals surface area contributed by atoms with Crippen LogP contribution in [0.3, 0.4) is 0 Å². The molecule has 12 heavy (non-hydrogen) atoms. The molecule has 0 aliphatic heterocycles. The van der Waals surface area contributed by atoms with E-state index in [9.17, 15) is 19.5 Å². The molecule has 58 valence electrons. The van der Waals surface area contributed by atoms with Gasteiger partial charge >= 0.3 is 24.6 Å². The summed E-state index contributed by atoms with van der Waals surface area (Å²) in [4.78, 5) is 34.6. The van der Waals surface area contributed by atoms with Gasteiger partial charge in [-0.15, -0.1) is 0 Å². The second-order valence-electron chi connectivity index (χ2n) is 1.79. The fraction of sp³-hybridized carbons (Fsp3) is 0. The van der Waals surface area contributed by atoms with Gasteiger partial charge in [0.1, 0.15) is 0 Å². The van der Waals surface area contributed by atoms with Crippen molar-refractivity contribution >= 4 is 5.97 Å². The smallest absolute Gasteiger partial charge is 0.543 e. The number of aromatic nitrogens is 2. The van der Waals surface area contributed by atoms with Gasteiger partial charge in [-0.2, -0.15) is 0 Å². The minimum Gasteiger partial charge on any atom is -0.543 e. The van der Waals surface area contributed by atoms with E-state index in [-0.39, 0.29) is 18.9 Å². The van der Waals surface area contributed by atoms with Crippen LogP contribution in [0.25, 0.3) is 0 Å². The van der Waals surface area contributed by atoms with Crippen LogP contribution in [0.4, 0.5) is 0 Å². The molecule has 0 aromatic carbocycles. The van der Waals surface area contributed by atoms with Crippen LogP contribution in [0, 0.1) is 0 Å². The van der Waals surface area contributed by atoms with Crippen LogP contribution in [0.1, 0.15) is 10.5 Å². The van der Waals surface area contributed by atoms with E-state index >= 15 is 0 Å². The molecule has 7 heteroatoms. The van der Waals surface area contributed by atoms with Crippen LogP contribution < -0.4 is 35.2 Å². The molecule has 0 unspecified atom stereocenters. The Morgan fingerprint density at radius 1 is 1.33 bits per heavy atom. The number of rotatable bonds is 1. The molecule has 0 amide bonds. The topological polar surface area (TPSA) is 106 Å². The Labute approximate surface area is 77.8 Å². The first-order valence-electron chi connectivity index (χ1n) is 2.64. The molecule has 1 aromatic heterocycles. The fourth-order valence-electron chi connectivity index (χ4n) is 0.579. The average Bonchev–Trinajstić information content (AvgIpc) is 1.85. The zero-order valence-corrected chi connectivity index (χ0v) is 6.21. The number of carbonyl (C=O) groups excluding carboxylic acids is 1. The fourth-order valence-corrected chi connectivity index (χ4v) is 0.579. The van der Waals surface area contributed by atoms with Gasteiger partial charge in [-0.05, 0) is 0 Å². The molecule has 2 N–H and O–H groups in total. The van der Waals surface area contributed by atoms with Gasteiger partial charge in [-0.1, -0.05) is 0 Å². The third-order valence-electron chi connectivity index (χ3n) is 0.980. The maximum absolute atomic E-state index is 10.4. The van der Waals surface area contributed by atoms with Crippen LogP contribution in [-0.2, 0) is 0 Å². The van der Waals surface area contributed by atoms with Gasteiger partial charge in [0.2, 0.25) is 0 Å². The van der Waals surface area contributed by atoms with Gasteiger partial charge in [0.15, 0.2) is 0 Å². The Morgan fingerprint density at radius 3 is 2.33 bits per heavy atom. The summed E-state index contributed by atoms with van der Waals surface area (Å²) in [5.41, 5.74) is -2.16. The first kappa shape index (κ1) is 10.7. The van der Waals surface area contributed by atoms with E-state index in [0.29, 0.717) is 0 Å². The van der Waals surface area contributed by atoms with E-state index in [4.69, 9.17) is 0 Å². The molecule has 1 heterocycles. The second-order valence-corrected chi connectivity index (χ2v) is 1.79. The second kappa shape index (κ2) is 3.95. The zero-order chi connectivity index (χ0) is 8.43. The predicted octanol–water partition coefficient (Wildman–Crippen LogP) is -5.57. The quantitative estimate of drug-likeness (QED) is 0.401. The zero-order valence-electron chi connectivity index (χ0n) is 6.21. The summed E-state index contributed by atoms with van der Waals surface area (Å²) in [6.07, 6.45) is 0. The molecule has 0 saturated carbocycles. The van der Waals surface area contributed by atoms with Crippen molar-refractivity contribution in [2.45, 2.75) is 0 Å². The molecule has 1 rings (SSSR count). The van der Waals surface area contributed by atoms with Crippen LogP contribution in [0.15, 0.2) is 15.7 Å². The largest absolute Gasteiger partial charge is 1.00 e. The van der Waals surface area contributed by atoms with Gasteiger partial charge in [0.05, 0.1) is 11.7 Å². The molecule has 0 radical (unpaired) electrons. The van der Waals surface area contributed by atoms with Crippen LogP contribution in [0.5, 0.6) is 0 Å². The van der Waals surface area contributed by atoms with Crippen molar-refractivity contribution in [3.63, 3.8) is 0 Å². The molecular formula is C5H3LiN2O4. The summed E-state index contributed by atoms with van der Waals surface area (Å²) in [7, 11) is 0. The predicted molar refractivity (Wildman–Crippen MR) is 32.0 cm³/mol. The summed E-state index contributed by atoms with van der Waals surface area (Å²) in [6.45, 7) is 0. The Kier molecular flexibility index (Phi) is 3.53. The number of hydrogen-bond acceptors (Lipinski definition) is 4. The van der Waals surface area contributed by atoms with Crippen molar-refractivity contribution in [1.82, 2.24) is 9.97 Å². The first-order chi connectivity index (χ1) is 5.09. The molecule has 0 atom stereocenters. The van der Waals surface area contributed by atoms with Gasteiger partial charge in [0.25, 0.3) is 5.56 Å². The van der Waals surface area contributed by atoms with Gasteiger partial charge in [-0.25, -0.2) is 4.79 Å². The van der Waals surface area contributed by atoms with E-state index in [1.807, 2.05) is 9.97 Å². The maximum Gasteiger partial charge on any atom is 1.00 e. The third-order valence-corrected chi connectivity index (χ3v) is 0.980. The Morgan fingerprint density at radius 2 is 1.92 bits per heavy atom. The van der Waals surface area contributed by atoms with Gasteiger partial charge in [-0.3, -0.25) is 9.78 Å². The maximum atomic E-state index is 10.4. The number of carbonyl (C=O) groups is 1. The van der Waals surface area contributed by atoms with Crippen molar-refractivity contribution in [3.8, 4) is 0 Å². The van der Waals surface area contributed by atoms with E-state index < -0.39 is 22.9 Å². The van der Waals surface area contributed by atoms with E-state index in [2.05, 4.69) is 0 Å². The normalized spacial score (nSPS) is 8.67. The van der Waals surface area contributed by atoms with Crippen LogP contribution >= 0.6 is 0 Å². The first-order valence-corrected chi connectivity index (χ1v) is 2.64. The van der Waals surface area contributed by atoms with Crippen molar-refractivity contribution in [1.29, 1.82) is 0 Å². The summed E-state index contributed by atoms with van der Waals surface area (Å²) in [5, 5.41) is 10.1. The number of nitrogens with one attached hydrogen (secondary N) is 2. The van der Waals surface area contributed by atoms with Crippen molar-refractivity contribution < 1.29 is 28.8 Å². The molecule has 0 bridgehead atoms. The van der Waals surface area contributed by atoms with Crippen LogP contribution in [0.2, 0.25) is 0 Å². The third kappa shape index (κ3) is 2.41. The number of carboxylic acid groups (broad SMARTS) is 1. The number of aromatic carboxylic acids is 1. The van der Waals surface area contributed by atoms with Crippen molar-refractivity contribution in [2.75, 3.05) is 0 Å². The SMILES string of the molecule is O=C([O-])c1cc(=O)[nH]c(=O)[nH]1.[Li+]. The Balaban J connectivity index is 0.00000121. The molecule has 0 spiro atoms. The van der Waals surface area contributed by atoms with E-state index in [1.165, 1.54) is 0 Å². The van der Waals surface area contributed by atoms with Crippen LogP contribution in [-0.4, -0.2) is 15.9 Å². The van der Waals surface area contributed by atoms with Gasteiger partial charge in [0, 0.05) is 6.07 Å². The summed E-state index contributed by atoms with van der Waals surface area (Å²) in [6, 6.07) is 0.733. The minimum atomic E-state index is -1.59. The summed E-state index contributed by atoms with van der Waals surface area (Å²) < 4.78 is 0. The van der Waals surface area contributed by atoms with Crippen molar-refractivity contribution in [3.05, 3.63) is 32.6 Å². The molecular weight excluding hydrogens is 159 g/mol. The molecule has 0 fully saturated rings. The molecule has 1 aromatic rings.